The van der Waals surface area contributed by atoms with E-state index in [4.69, 9.17) is 4.74 Å². The van der Waals surface area contributed by atoms with E-state index in [0.717, 1.165) is 4.47 Å². The van der Waals surface area contributed by atoms with Crippen LogP contribution in [0.4, 0.5) is 0 Å². The van der Waals surface area contributed by atoms with Crippen LogP contribution in [0.1, 0.15) is 44.2 Å². The monoisotopic (exact) mass is 311 g/mol. The molecule has 0 heterocycles. The van der Waals surface area contributed by atoms with Crippen LogP contribution < -0.4 is 5.32 Å². The maximum Gasteiger partial charge on any atom is 0.0724 e. The van der Waals surface area contributed by atoms with E-state index in [1.165, 1.54) is 31.2 Å². The largest absolute Gasteiger partial charge is 0.380 e. The molecule has 18 heavy (non-hydrogen) atoms. The van der Waals surface area contributed by atoms with Gasteiger partial charge in [-0.3, -0.25) is 0 Å². The zero-order valence-electron chi connectivity index (χ0n) is 11.2. The van der Waals surface area contributed by atoms with Gasteiger partial charge in [-0.2, -0.15) is 0 Å². The van der Waals surface area contributed by atoms with Gasteiger partial charge in [0.1, 0.15) is 0 Å². The second-order valence-electron chi connectivity index (χ2n) is 5.11. The number of halogens is 1. The zero-order chi connectivity index (χ0) is 13.0. The van der Waals surface area contributed by atoms with Gasteiger partial charge in [0.15, 0.2) is 0 Å². The van der Waals surface area contributed by atoms with E-state index in [-0.39, 0.29) is 0 Å². The third kappa shape index (κ3) is 3.56. The van der Waals surface area contributed by atoms with Crippen LogP contribution in [-0.4, -0.2) is 19.3 Å². The highest BCUT2D eigenvalue weighted by Crippen LogP contribution is 2.24. The van der Waals surface area contributed by atoms with Crippen molar-refractivity contribution in [2.45, 2.75) is 50.8 Å². The second kappa shape index (κ2) is 6.69. The van der Waals surface area contributed by atoms with Crippen LogP contribution in [0.5, 0.6) is 0 Å². The van der Waals surface area contributed by atoms with Crippen molar-refractivity contribution in [3.8, 4) is 0 Å². The maximum atomic E-state index is 5.59. The first-order valence-electron chi connectivity index (χ1n) is 6.75. The molecule has 0 aliphatic heterocycles. The Labute approximate surface area is 118 Å². The molecule has 0 saturated heterocycles. The highest BCUT2D eigenvalue weighted by atomic mass is 79.9. The number of rotatable bonds is 4. The lowest BCUT2D eigenvalue weighted by Gasteiger charge is -2.33. The predicted octanol–water partition coefficient (Wildman–Crippen LogP) is 4.06. The average Bonchev–Trinajstić information content (AvgIpc) is 2.39. The van der Waals surface area contributed by atoms with Crippen LogP contribution in [-0.2, 0) is 4.74 Å². The topological polar surface area (TPSA) is 21.3 Å². The SMILES string of the molecule is COC1CCCCC1NC(C)c1cccc(Br)c1. The van der Waals surface area contributed by atoms with Gasteiger partial charge in [-0.15, -0.1) is 0 Å². The molecule has 2 rings (SSSR count). The van der Waals surface area contributed by atoms with Crippen LogP contribution in [0, 0.1) is 0 Å². The molecule has 0 spiro atoms. The Bertz CT molecular complexity index is 383. The molecule has 1 N–H and O–H groups in total. The van der Waals surface area contributed by atoms with Gasteiger partial charge in [0.2, 0.25) is 0 Å². The van der Waals surface area contributed by atoms with E-state index >= 15 is 0 Å². The van der Waals surface area contributed by atoms with Gasteiger partial charge in [0.05, 0.1) is 6.10 Å². The van der Waals surface area contributed by atoms with Crippen molar-refractivity contribution in [1.29, 1.82) is 0 Å². The quantitative estimate of drug-likeness (QED) is 0.905. The summed E-state index contributed by atoms with van der Waals surface area (Å²) < 4.78 is 6.73. The fourth-order valence-corrected chi connectivity index (χ4v) is 3.18. The van der Waals surface area contributed by atoms with Gasteiger partial charge in [-0.05, 0) is 37.5 Å². The Balaban J connectivity index is 1.99. The third-order valence-electron chi connectivity index (χ3n) is 3.82. The standard InChI is InChI=1S/C15H22BrNO/c1-11(12-6-5-7-13(16)10-12)17-14-8-3-4-9-15(14)18-2/h5-7,10-11,14-15,17H,3-4,8-9H2,1-2H3. The molecule has 3 unspecified atom stereocenters. The van der Waals surface area contributed by atoms with Crippen LogP contribution in [0.15, 0.2) is 28.7 Å². The van der Waals surface area contributed by atoms with E-state index in [1.54, 1.807) is 0 Å². The van der Waals surface area contributed by atoms with Crippen LogP contribution in [0.25, 0.3) is 0 Å². The molecule has 0 amide bonds. The van der Waals surface area contributed by atoms with Crippen molar-refractivity contribution in [3.63, 3.8) is 0 Å². The lowest BCUT2D eigenvalue weighted by atomic mass is 9.91. The molecule has 100 valence electrons. The molecular formula is C15H22BrNO. The minimum absolute atomic E-state index is 0.364. The van der Waals surface area contributed by atoms with Gasteiger partial charge in [0, 0.05) is 23.7 Å². The summed E-state index contributed by atoms with van der Waals surface area (Å²) in [6.07, 6.45) is 5.37. The van der Waals surface area contributed by atoms with Crippen LogP contribution in [0.3, 0.4) is 0 Å². The molecule has 1 aromatic carbocycles. The number of nitrogens with one attached hydrogen (secondary N) is 1. The smallest absolute Gasteiger partial charge is 0.0724 e. The molecule has 1 aliphatic rings. The third-order valence-corrected chi connectivity index (χ3v) is 4.31. The fraction of sp³-hybridized carbons (Fsp3) is 0.600. The molecule has 1 saturated carbocycles. The van der Waals surface area contributed by atoms with Gasteiger partial charge in [-0.25, -0.2) is 0 Å². The minimum Gasteiger partial charge on any atom is -0.380 e. The second-order valence-corrected chi connectivity index (χ2v) is 6.02. The number of hydrogen-bond acceptors (Lipinski definition) is 2. The van der Waals surface area contributed by atoms with Crippen molar-refractivity contribution in [2.24, 2.45) is 0 Å². The average molecular weight is 312 g/mol. The number of ether oxygens (including phenoxy) is 1. The minimum atomic E-state index is 0.364. The van der Waals surface area contributed by atoms with E-state index in [9.17, 15) is 0 Å². The predicted molar refractivity (Wildman–Crippen MR) is 78.7 cm³/mol. The lowest BCUT2D eigenvalue weighted by molar-refractivity contribution is 0.0384. The molecule has 0 aromatic heterocycles. The molecule has 3 heteroatoms. The molecule has 0 bridgehead atoms. The summed E-state index contributed by atoms with van der Waals surface area (Å²) in [5.74, 6) is 0. The molecule has 2 nitrogen and oxygen atoms in total. The Hall–Kier alpha value is -0.380. The highest BCUT2D eigenvalue weighted by molar-refractivity contribution is 9.10. The van der Waals surface area contributed by atoms with Gasteiger partial charge in [-0.1, -0.05) is 40.9 Å². The molecule has 1 aromatic rings. The highest BCUT2D eigenvalue weighted by Gasteiger charge is 2.26. The van der Waals surface area contributed by atoms with E-state index in [2.05, 4.69) is 52.4 Å². The number of benzene rings is 1. The fourth-order valence-electron chi connectivity index (χ4n) is 2.76. The summed E-state index contributed by atoms with van der Waals surface area (Å²) in [4.78, 5) is 0. The normalized spacial score (nSPS) is 25.9. The molecular weight excluding hydrogens is 290 g/mol. The number of methoxy groups -OCH3 is 1. The van der Waals surface area contributed by atoms with E-state index < -0.39 is 0 Å². The summed E-state index contributed by atoms with van der Waals surface area (Å²) in [5, 5.41) is 3.72. The van der Waals surface area contributed by atoms with Crippen molar-refractivity contribution >= 4 is 15.9 Å². The Morgan fingerprint density at radius 1 is 1.33 bits per heavy atom. The summed E-state index contributed by atoms with van der Waals surface area (Å²) in [7, 11) is 1.83. The van der Waals surface area contributed by atoms with E-state index in [1.807, 2.05) is 7.11 Å². The summed E-state index contributed by atoms with van der Waals surface area (Å²) in [6, 6.07) is 9.36. The zero-order valence-corrected chi connectivity index (χ0v) is 12.7. The lowest BCUT2D eigenvalue weighted by Crippen LogP contribution is -2.44. The van der Waals surface area contributed by atoms with Crippen molar-refractivity contribution < 1.29 is 4.74 Å². The maximum absolute atomic E-state index is 5.59. The summed E-state index contributed by atoms with van der Waals surface area (Å²) in [6.45, 7) is 2.23. The van der Waals surface area contributed by atoms with Crippen molar-refractivity contribution in [3.05, 3.63) is 34.3 Å². The van der Waals surface area contributed by atoms with Gasteiger partial charge in [0.25, 0.3) is 0 Å². The first kappa shape index (κ1) is 14.0. The van der Waals surface area contributed by atoms with Crippen molar-refractivity contribution in [1.82, 2.24) is 5.32 Å². The van der Waals surface area contributed by atoms with Gasteiger partial charge >= 0.3 is 0 Å². The molecule has 0 radical (unpaired) electrons. The first-order valence-corrected chi connectivity index (χ1v) is 7.54. The van der Waals surface area contributed by atoms with Crippen LogP contribution >= 0.6 is 15.9 Å². The first-order chi connectivity index (χ1) is 8.70. The summed E-state index contributed by atoms with van der Waals surface area (Å²) in [5.41, 5.74) is 1.32. The Morgan fingerprint density at radius 3 is 2.83 bits per heavy atom. The van der Waals surface area contributed by atoms with E-state index in [0.29, 0.717) is 18.2 Å². The summed E-state index contributed by atoms with van der Waals surface area (Å²) >= 11 is 3.53. The van der Waals surface area contributed by atoms with Crippen LogP contribution in [0.2, 0.25) is 0 Å². The molecule has 3 atom stereocenters. The van der Waals surface area contributed by atoms with Gasteiger partial charge < -0.3 is 10.1 Å². The molecule has 1 fully saturated rings. The Morgan fingerprint density at radius 2 is 2.11 bits per heavy atom. The molecule has 1 aliphatic carbocycles. The number of hydrogen-bond donors (Lipinski definition) is 1. The Kier molecular flexibility index (Phi) is 5.22. The van der Waals surface area contributed by atoms with Crippen molar-refractivity contribution in [2.75, 3.05) is 7.11 Å².